The van der Waals surface area contributed by atoms with Crippen LogP contribution >= 0.6 is 0 Å². The number of carbonyl (C=O) groups excluding carboxylic acids is 1. The predicted molar refractivity (Wildman–Crippen MR) is 102 cm³/mol. The lowest BCUT2D eigenvalue weighted by Gasteiger charge is -2.39. The van der Waals surface area contributed by atoms with Crippen molar-refractivity contribution in [2.24, 2.45) is 0 Å². The highest BCUT2D eigenvalue weighted by atomic mass is 16.5. The van der Waals surface area contributed by atoms with Crippen LogP contribution in [0.4, 0.5) is 4.79 Å². The SMILES string of the molecule is COc1ccc(CCNC(=O)N2CCCCC2CN2CCOCC2)cc1. The van der Waals surface area contributed by atoms with Crippen molar-refractivity contribution in [2.75, 3.05) is 53.0 Å². The van der Waals surface area contributed by atoms with Gasteiger partial charge in [0.2, 0.25) is 0 Å². The summed E-state index contributed by atoms with van der Waals surface area (Å²) in [6.45, 7) is 6.05. The molecule has 2 aliphatic rings. The molecule has 1 aromatic rings. The topological polar surface area (TPSA) is 54.0 Å². The molecule has 1 N–H and O–H groups in total. The number of rotatable bonds is 6. The Morgan fingerprint density at radius 3 is 2.69 bits per heavy atom. The first-order chi connectivity index (χ1) is 12.8. The Balaban J connectivity index is 1.46. The molecule has 2 fully saturated rings. The summed E-state index contributed by atoms with van der Waals surface area (Å²) in [4.78, 5) is 17.2. The largest absolute Gasteiger partial charge is 0.497 e. The Morgan fingerprint density at radius 1 is 1.19 bits per heavy atom. The Kier molecular flexibility index (Phi) is 7.14. The molecule has 6 nitrogen and oxygen atoms in total. The van der Waals surface area contributed by atoms with E-state index in [1.165, 1.54) is 12.0 Å². The van der Waals surface area contributed by atoms with Gasteiger partial charge in [-0.15, -0.1) is 0 Å². The molecule has 1 atom stereocenters. The molecule has 6 heteroatoms. The summed E-state index contributed by atoms with van der Waals surface area (Å²) >= 11 is 0. The van der Waals surface area contributed by atoms with Gasteiger partial charge in [-0.25, -0.2) is 4.79 Å². The standard InChI is InChI=1S/C20H31N3O3/c1-25-19-7-5-17(6-8-19)9-10-21-20(24)23-11-3-2-4-18(23)16-22-12-14-26-15-13-22/h5-8,18H,2-4,9-16H2,1H3,(H,21,24). The molecule has 1 aromatic carbocycles. The minimum absolute atomic E-state index is 0.0801. The Bertz CT molecular complexity index is 558. The summed E-state index contributed by atoms with van der Waals surface area (Å²) in [5.74, 6) is 0.858. The lowest BCUT2D eigenvalue weighted by Crippen LogP contribution is -2.54. The van der Waals surface area contributed by atoms with Crippen molar-refractivity contribution in [3.63, 3.8) is 0 Å². The van der Waals surface area contributed by atoms with Crippen LogP contribution in [0.2, 0.25) is 0 Å². The van der Waals surface area contributed by atoms with Crippen molar-refractivity contribution in [1.82, 2.24) is 15.1 Å². The van der Waals surface area contributed by atoms with Crippen LogP contribution in [-0.4, -0.2) is 74.9 Å². The summed E-state index contributed by atoms with van der Waals surface area (Å²) in [5.41, 5.74) is 1.20. The van der Waals surface area contributed by atoms with Gasteiger partial charge in [-0.3, -0.25) is 4.90 Å². The highest BCUT2D eigenvalue weighted by molar-refractivity contribution is 5.74. The van der Waals surface area contributed by atoms with Gasteiger partial charge >= 0.3 is 6.03 Å². The van der Waals surface area contributed by atoms with E-state index < -0.39 is 0 Å². The summed E-state index contributed by atoms with van der Waals surface area (Å²) < 4.78 is 10.6. The van der Waals surface area contributed by atoms with Gasteiger partial charge in [-0.2, -0.15) is 0 Å². The molecule has 2 amide bonds. The number of benzene rings is 1. The van der Waals surface area contributed by atoms with Crippen molar-refractivity contribution < 1.29 is 14.3 Å². The van der Waals surface area contributed by atoms with Crippen molar-refractivity contribution in [1.29, 1.82) is 0 Å². The van der Waals surface area contributed by atoms with Crippen LogP contribution in [0.1, 0.15) is 24.8 Å². The second-order valence-electron chi connectivity index (χ2n) is 7.09. The monoisotopic (exact) mass is 361 g/mol. The molecule has 0 aromatic heterocycles. The zero-order valence-electron chi connectivity index (χ0n) is 15.8. The number of hydrogen-bond donors (Lipinski definition) is 1. The molecule has 3 rings (SSSR count). The van der Waals surface area contributed by atoms with Gasteiger partial charge in [-0.1, -0.05) is 12.1 Å². The maximum atomic E-state index is 12.7. The van der Waals surface area contributed by atoms with E-state index in [4.69, 9.17) is 9.47 Å². The third-order valence-corrected chi connectivity index (χ3v) is 5.31. The second kappa shape index (κ2) is 9.78. The molecule has 144 valence electrons. The number of morpholine rings is 1. The first-order valence-electron chi connectivity index (χ1n) is 9.74. The average molecular weight is 361 g/mol. The molecule has 0 radical (unpaired) electrons. The first kappa shape index (κ1) is 19.0. The van der Waals surface area contributed by atoms with Crippen LogP contribution in [0.25, 0.3) is 0 Å². The second-order valence-corrected chi connectivity index (χ2v) is 7.09. The summed E-state index contributed by atoms with van der Waals surface area (Å²) in [5, 5.41) is 3.11. The number of urea groups is 1. The third kappa shape index (κ3) is 5.35. The number of nitrogens with one attached hydrogen (secondary N) is 1. The summed E-state index contributed by atoms with van der Waals surface area (Å²) in [6.07, 6.45) is 4.25. The lowest BCUT2D eigenvalue weighted by molar-refractivity contribution is 0.0221. The van der Waals surface area contributed by atoms with Gasteiger partial charge in [0, 0.05) is 38.8 Å². The lowest BCUT2D eigenvalue weighted by atomic mass is 10.0. The number of nitrogens with zero attached hydrogens (tertiary/aromatic N) is 2. The highest BCUT2D eigenvalue weighted by Crippen LogP contribution is 2.19. The van der Waals surface area contributed by atoms with Crippen molar-refractivity contribution >= 4 is 6.03 Å². The maximum absolute atomic E-state index is 12.7. The van der Waals surface area contributed by atoms with Crippen LogP contribution < -0.4 is 10.1 Å². The highest BCUT2D eigenvalue weighted by Gasteiger charge is 2.28. The number of likely N-dealkylation sites (tertiary alicyclic amines) is 1. The maximum Gasteiger partial charge on any atom is 0.317 e. The molecule has 0 saturated carbocycles. The molecule has 1 unspecified atom stereocenters. The van der Waals surface area contributed by atoms with Crippen LogP contribution in [0.15, 0.2) is 24.3 Å². The molecular weight excluding hydrogens is 330 g/mol. The van der Waals surface area contributed by atoms with E-state index in [1.54, 1.807) is 7.11 Å². The quantitative estimate of drug-likeness (QED) is 0.843. The van der Waals surface area contributed by atoms with Gasteiger partial charge < -0.3 is 19.7 Å². The molecular formula is C20H31N3O3. The summed E-state index contributed by atoms with van der Waals surface area (Å²) in [6, 6.07) is 8.42. The van der Waals surface area contributed by atoms with E-state index in [0.29, 0.717) is 12.6 Å². The van der Waals surface area contributed by atoms with Gasteiger partial charge in [0.15, 0.2) is 0 Å². The minimum atomic E-state index is 0.0801. The fraction of sp³-hybridized carbons (Fsp3) is 0.650. The molecule has 0 aliphatic carbocycles. The molecule has 2 heterocycles. The Morgan fingerprint density at radius 2 is 1.96 bits per heavy atom. The smallest absolute Gasteiger partial charge is 0.317 e. The molecule has 0 spiro atoms. The molecule has 0 bridgehead atoms. The normalized spacial score (nSPS) is 21.4. The molecule has 2 aliphatic heterocycles. The van der Waals surface area contributed by atoms with E-state index in [2.05, 4.69) is 10.2 Å². The van der Waals surface area contributed by atoms with Crippen LogP contribution in [-0.2, 0) is 11.2 Å². The van der Waals surface area contributed by atoms with E-state index in [1.807, 2.05) is 29.2 Å². The predicted octanol–water partition coefficient (Wildman–Crippen LogP) is 2.13. The number of methoxy groups -OCH3 is 1. The Hall–Kier alpha value is -1.79. The van der Waals surface area contributed by atoms with Gasteiger partial charge in [0.25, 0.3) is 0 Å². The fourth-order valence-corrected chi connectivity index (χ4v) is 3.75. The van der Waals surface area contributed by atoms with Crippen LogP contribution in [0.5, 0.6) is 5.75 Å². The number of piperidine rings is 1. The van der Waals surface area contributed by atoms with E-state index in [-0.39, 0.29) is 6.03 Å². The number of carbonyl (C=O) groups is 1. The van der Waals surface area contributed by atoms with Gasteiger partial charge in [0.05, 0.1) is 20.3 Å². The van der Waals surface area contributed by atoms with Crippen LogP contribution in [0, 0.1) is 0 Å². The van der Waals surface area contributed by atoms with Crippen LogP contribution in [0.3, 0.4) is 0 Å². The number of ether oxygens (including phenoxy) is 2. The molecule has 26 heavy (non-hydrogen) atoms. The minimum Gasteiger partial charge on any atom is -0.497 e. The number of amides is 2. The van der Waals surface area contributed by atoms with Gasteiger partial charge in [-0.05, 0) is 43.4 Å². The van der Waals surface area contributed by atoms with Gasteiger partial charge in [0.1, 0.15) is 5.75 Å². The summed E-state index contributed by atoms with van der Waals surface area (Å²) in [7, 11) is 1.67. The van der Waals surface area contributed by atoms with Crippen molar-refractivity contribution in [3.8, 4) is 5.75 Å². The first-order valence-corrected chi connectivity index (χ1v) is 9.74. The fourth-order valence-electron chi connectivity index (χ4n) is 3.75. The van der Waals surface area contributed by atoms with Crippen molar-refractivity contribution in [3.05, 3.63) is 29.8 Å². The van der Waals surface area contributed by atoms with E-state index in [9.17, 15) is 4.79 Å². The zero-order valence-corrected chi connectivity index (χ0v) is 15.8. The third-order valence-electron chi connectivity index (χ3n) is 5.31. The number of hydrogen-bond acceptors (Lipinski definition) is 4. The van der Waals surface area contributed by atoms with Crippen molar-refractivity contribution in [2.45, 2.75) is 31.7 Å². The van der Waals surface area contributed by atoms with E-state index >= 15 is 0 Å². The average Bonchev–Trinajstić information content (AvgIpc) is 2.69. The Labute approximate surface area is 156 Å². The molecule has 2 saturated heterocycles. The van der Waals surface area contributed by atoms with E-state index in [0.717, 1.165) is 64.4 Å². The zero-order chi connectivity index (χ0) is 18.2.